The third-order valence-corrected chi connectivity index (χ3v) is 15.9. The summed E-state index contributed by atoms with van der Waals surface area (Å²) in [6, 6.07) is 2.44. The number of allylic oxidation sites excluding steroid dienone is 2. The monoisotopic (exact) mass is 712 g/mol. The van der Waals surface area contributed by atoms with Gasteiger partial charge in [-0.3, -0.25) is 9.69 Å². The standard InChI is InChI=1S/C39H54F2N2O3S.C3H8/c1-36(2)26(24-22-29(40)33(34(44)45)30(41)23-24)9-13-38(4)31(36)11-14-37(3)27-10-15-39(12-5-6-28(39)25(27)7-8-32(37)38)35(46)42-16-17-43-18-20-47-21-19-43;1-3-2/h9,22-23,25,27-28,31-32H,5-8,10-21H2,1-4H3,(H,42,46)(H,44,45);3H2,1-2H3. The summed E-state index contributed by atoms with van der Waals surface area (Å²) in [7, 11) is 0. The van der Waals surface area contributed by atoms with E-state index in [1.54, 1.807) is 0 Å². The maximum absolute atomic E-state index is 14.8. The van der Waals surface area contributed by atoms with Gasteiger partial charge in [0.15, 0.2) is 0 Å². The van der Waals surface area contributed by atoms with Crippen LogP contribution in [0.5, 0.6) is 0 Å². The Morgan fingerprint density at radius 1 is 0.900 bits per heavy atom. The summed E-state index contributed by atoms with van der Waals surface area (Å²) in [5.41, 5.74) is 0.303. The Labute approximate surface area is 304 Å². The van der Waals surface area contributed by atoms with Gasteiger partial charge in [-0.05, 0) is 127 Å². The van der Waals surface area contributed by atoms with Crippen molar-refractivity contribution in [2.75, 3.05) is 37.7 Å². The van der Waals surface area contributed by atoms with Gasteiger partial charge in [0, 0.05) is 37.7 Å². The smallest absolute Gasteiger partial charge is 0.341 e. The molecule has 0 radical (unpaired) electrons. The van der Waals surface area contributed by atoms with E-state index in [2.05, 4.69) is 57.8 Å². The number of aromatic carboxylic acids is 1. The van der Waals surface area contributed by atoms with E-state index < -0.39 is 23.2 Å². The summed E-state index contributed by atoms with van der Waals surface area (Å²) in [5.74, 6) is 1.77. The number of carbonyl (C=O) groups excluding carboxylic acids is 1. The second-order valence-corrected chi connectivity index (χ2v) is 19.0. The van der Waals surface area contributed by atoms with Crippen molar-refractivity contribution in [3.05, 3.63) is 41.0 Å². The van der Waals surface area contributed by atoms with E-state index in [-0.39, 0.29) is 21.7 Å². The topological polar surface area (TPSA) is 69.6 Å². The Balaban J connectivity index is 0.00000139. The van der Waals surface area contributed by atoms with Crippen molar-refractivity contribution < 1.29 is 23.5 Å². The van der Waals surface area contributed by atoms with Crippen LogP contribution in [0.2, 0.25) is 0 Å². The summed E-state index contributed by atoms with van der Waals surface area (Å²) in [6.45, 7) is 17.8. The Kier molecular flexibility index (Phi) is 10.9. The molecule has 1 saturated heterocycles. The fourth-order valence-corrected chi connectivity index (χ4v) is 13.9. The molecule has 1 aromatic carbocycles. The van der Waals surface area contributed by atoms with Crippen molar-refractivity contribution in [2.45, 2.75) is 112 Å². The maximum atomic E-state index is 14.8. The first-order valence-electron chi connectivity index (χ1n) is 19.8. The first-order chi connectivity index (χ1) is 23.7. The van der Waals surface area contributed by atoms with Gasteiger partial charge in [-0.1, -0.05) is 60.5 Å². The van der Waals surface area contributed by atoms with Crippen LogP contribution in [-0.4, -0.2) is 59.6 Å². The molecule has 5 fully saturated rings. The second-order valence-electron chi connectivity index (χ2n) is 17.8. The molecular weight excluding hydrogens is 651 g/mol. The van der Waals surface area contributed by atoms with Gasteiger partial charge >= 0.3 is 5.97 Å². The average Bonchev–Trinajstić information content (AvgIpc) is 3.51. The number of amides is 1. The largest absolute Gasteiger partial charge is 0.477 e. The molecular formula is C42H62F2N2O3S. The number of fused-ring (bicyclic) bond motifs is 7. The number of hydrogen-bond donors (Lipinski definition) is 2. The fourth-order valence-electron chi connectivity index (χ4n) is 13.0. The van der Waals surface area contributed by atoms with E-state index in [1.807, 2.05) is 11.8 Å². The number of rotatable bonds is 6. The number of carbonyl (C=O) groups is 2. The van der Waals surface area contributed by atoms with Crippen molar-refractivity contribution in [1.29, 1.82) is 0 Å². The van der Waals surface area contributed by atoms with Crippen LogP contribution >= 0.6 is 11.8 Å². The van der Waals surface area contributed by atoms with Gasteiger partial charge in [-0.2, -0.15) is 11.8 Å². The van der Waals surface area contributed by atoms with E-state index in [1.165, 1.54) is 55.7 Å². The van der Waals surface area contributed by atoms with Crippen molar-refractivity contribution >= 4 is 29.2 Å². The number of thioether (sulfide) groups is 1. The molecule has 1 aromatic rings. The molecule has 4 saturated carbocycles. The van der Waals surface area contributed by atoms with E-state index >= 15 is 0 Å². The molecule has 2 N–H and O–H groups in total. The zero-order chi connectivity index (χ0) is 36.1. The van der Waals surface area contributed by atoms with E-state index in [9.17, 15) is 23.5 Å². The molecule has 0 bridgehead atoms. The van der Waals surface area contributed by atoms with Crippen LogP contribution in [0.4, 0.5) is 8.78 Å². The second kappa shape index (κ2) is 14.5. The molecule has 0 spiro atoms. The molecule has 6 aliphatic rings. The molecule has 1 heterocycles. The van der Waals surface area contributed by atoms with Gasteiger partial charge in [0.25, 0.3) is 0 Å². The highest BCUT2D eigenvalue weighted by Gasteiger charge is 2.66. The summed E-state index contributed by atoms with van der Waals surface area (Å²) >= 11 is 2.02. The number of hydrogen-bond acceptors (Lipinski definition) is 4. The molecule has 5 aliphatic carbocycles. The molecule has 5 nitrogen and oxygen atoms in total. The van der Waals surface area contributed by atoms with Gasteiger partial charge < -0.3 is 10.4 Å². The fraction of sp³-hybridized carbons (Fsp3) is 0.762. The minimum atomic E-state index is -1.58. The molecule has 0 aromatic heterocycles. The lowest BCUT2D eigenvalue weighted by molar-refractivity contribution is -0.181. The minimum absolute atomic E-state index is 0.0671. The molecule has 8 atom stereocenters. The highest BCUT2D eigenvalue weighted by molar-refractivity contribution is 7.99. The van der Waals surface area contributed by atoms with Gasteiger partial charge in [0.2, 0.25) is 5.91 Å². The number of carboxylic acid groups (broad SMARTS) is 1. The van der Waals surface area contributed by atoms with Gasteiger partial charge in [-0.15, -0.1) is 0 Å². The van der Waals surface area contributed by atoms with Crippen molar-refractivity contribution in [3.63, 3.8) is 0 Å². The van der Waals surface area contributed by atoms with E-state index in [0.717, 1.165) is 70.3 Å². The van der Waals surface area contributed by atoms with Gasteiger partial charge in [0.05, 0.1) is 5.41 Å². The van der Waals surface area contributed by atoms with Crippen LogP contribution in [0.15, 0.2) is 18.2 Å². The predicted octanol–water partition coefficient (Wildman–Crippen LogP) is 9.70. The summed E-state index contributed by atoms with van der Waals surface area (Å²) in [5, 5.41) is 12.7. The zero-order valence-corrected chi connectivity index (χ0v) is 32.3. The quantitative estimate of drug-likeness (QED) is 0.308. The molecule has 7 rings (SSSR count). The first-order valence-corrected chi connectivity index (χ1v) is 20.9. The van der Waals surface area contributed by atoms with Crippen molar-refractivity contribution in [2.24, 2.45) is 51.2 Å². The Morgan fingerprint density at radius 3 is 2.24 bits per heavy atom. The summed E-state index contributed by atoms with van der Waals surface area (Å²) in [6.07, 6.45) is 14.5. The first kappa shape index (κ1) is 37.8. The van der Waals surface area contributed by atoms with Crippen molar-refractivity contribution in [3.8, 4) is 0 Å². The summed E-state index contributed by atoms with van der Waals surface area (Å²) in [4.78, 5) is 28.0. The third kappa shape index (κ3) is 6.28. The lowest BCUT2D eigenvalue weighted by atomic mass is 9.36. The number of nitrogens with one attached hydrogen (secondary N) is 1. The molecule has 50 heavy (non-hydrogen) atoms. The predicted molar refractivity (Wildman–Crippen MR) is 200 cm³/mol. The highest BCUT2D eigenvalue weighted by Crippen LogP contribution is 2.73. The average molecular weight is 713 g/mol. The van der Waals surface area contributed by atoms with Crippen LogP contribution in [-0.2, 0) is 4.79 Å². The molecule has 1 aliphatic heterocycles. The number of benzene rings is 1. The molecule has 1 amide bonds. The van der Waals surface area contributed by atoms with Crippen LogP contribution < -0.4 is 5.32 Å². The molecule has 278 valence electrons. The SMILES string of the molecule is CC1(C)C(c2cc(F)c(C(=O)O)c(F)c2)=CCC2(C)C1CCC1(C)C3CCC4(C(=O)NCCN5CCSCC5)CCCC4C3CCC12.CCC. The van der Waals surface area contributed by atoms with Crippen LogP contribution in [0.1, 0.15) is 128 Å². The van der Waals surface area contributed by atoms with Crippen LogP contribution in [0.3, 0.4) is 0 Å². The lowest BCUT2D eigenvalue weighted by Crippen LogP contribution is -2.62. The zero-order valence-electron chi connectivity index (χ0n) is 31.5. The Bertz CT molecular complexity index is 1450. The van der Waals surface area contributed by atoms with E-state index in [0.29, 0.717) is 41.1 Å². The number of halogens is 2. The minimum Gasteiger partial charge on any atom is -0.477 e. The lowest BCUT2D eigenvalue weighted by Gasteiger charge is -2.68. The van der Waals surface area contributed by atoms with Gasteiger partial charge in [-0.25, -0.2) is 13.6 Å². The van der Waals surface area contributed by atoms with Crippen LogP contribution in [0.25, 0.3) is 5.57 Å². The molecule has 8 heteroatoms. The van der Waals surface area contributed by atoms with Crippen molar-refractivity contribution in [1.82, 2.24) is 10.2 Å². The highest BCUT2D eigenvalue weighted by atomic mass is 32.2. The number of carboxylic acids is 1. The number of nitrogens with zero attached hydrogens (tertiary/aromatic N) is 1. The summed E-state index contributed by atoms with van der Waals surface area (Å²) < 4.78 is 29.7. The van der Waals surface area contributed by atoms with Gasteiger partial charge in [0.1, 0.15) is 17.2 Å². The maximum Gasteiger partial charge on any atom is 0.341 e. The Morgan fingerprint density at radius 2 is 1.58 bits per heavy atom. The third-order valence-electron chi connectivity index (χ3n) is 14.9. The normalized spacial score (nSPS) is 37.5. The molecule has 8 unspecified atom stereocenters. The Hall–Kier alpha value is -1.93. The van der Waals surface area contributed by atoms with Crippen LogP contribution in [0, 0.1) is 62.9 Å². The van der Waals surface area contributed by atoms with E-state index in [4.69, 9.17) is 0 Å².